The van der Waals surface area contributed by atoms with Gasteiger partial charge in [0.25, 0.3) is 0 Å². The summed E-state index contributed by atoms with van der Waals surface area (Å²) in [7, 11) is 0. The van der Waals surface area contributed by atoms with Crippen LogP contribution in [0.4, 0.5) is 8.78 Å². The zero-order valence-corrected chi connectivity index (χ0v) is 16.6. The lowest BCUT2D eigenvalue weighted by Crippen LogP contribution is -2.36. The molecule has 0 bridgehead atoms. The first kappa shape index (κ1) is 21.7. The Hall–Kier alpha value is -2.04. The van der Waals surface area contributed by atoms with Crippen LogP contribution in [0, 0.1) is 11.6 Å². The molecule has 0 radical (unpaired) electrons. The van der Waals surface area contributed by atoms with Gasteiger partial charge >= 0.3 is 5.97 Å². The highest BCUT2D eigenvalue weighted by molar-refractivity contribution is 7.99. The van der Waals surface area contributed by atoms with E-state index in [0.29, 0.717) is 12.2 Å². The lowest BCUT2D eigenvalue weighted by molar-refractivity contribution is -0.137. The average molecular weight is 427 g/mol. The van der Waals surface area contributed by atoms with Gasteiger partial charge in [-0.15, -0.1) is 0 Å². The molecule has 7 nitrogen and oxygen atoms in total. The number of carboxylic acids is 1. The molecule has 1 saturated heterocycles. The zero-order chi connectivity index (χ0) is 20.7. The molecule has 3 rings (SSSR count). The second-order valence-corrected chi connectivity index (χ2v) is 8.00. The van der Waals surface area contributed by atoms with E-state index in [-0.39, 0.29) is 25.1 Å². The van der Waals surface area contributed by atoms with Crippen molar-refractivity contribution >= 4 is 17.7 Å². The van der Waals surface area contributed by atoms with E-state index in [2.05, 4.69) is 10.1 Å². The van der Waals surface area contributed by atoms with Crippen LogP contribution in [-0.2, 0) is 26.4 Å². The normalized spacial score (nSPS) is 21.5. The smallest absolute Gasteiger partial charge is 0.303 e. The molecular formula is C19H23F2N3O4S. The predicted octanol–water partition coefficient (Wildman–Crippen LogP) is 3.20. The number of ether oxygens (including phenoxy) is 2. The third kappa shape index (κ3) is 5.97. The van der Waals surface area contributed by atoms with Crippen molar-refractivity contribution in [2.24, 2.45) is 0 Å². The maximum atomic E-state index is 14.5. The molecule has 0 saturated carbocycles. The molecule has 1 aromatic heterocycles. The van der Waals surface area contributed by atoms with Crippen LogP contribution in [0.1, 0.15) is 31.2 Å². The molecule has 1 aromatic carbocycles. The summed E-state index contributed by atoms with van der Waals surface area (Å²) >= 11 is 1.63. The Morgan fingerprint density at radius 1 is 1.34 bits per heavy atom. The van der Waals surface area contributed by atoms with Crippen molar-refractivity contribution in [3.05, 3.63) is 48.1 Å². The Morgan fingerprint density at radius 2 is 2.21 bits per heavy atom. The highest BCUT2D eigenvalue weighted by Gasteiger charge is 2.45. The lowest BCUT2D eigenvalue weighted by atomic mass is 9.94. The molecule has 158 valence electrons. The molecule has 2 atom stereocenters. The minimum atomic E-state index is -1.13. The number of carbonyl (C=O) groups is 1. The van der Waals surface area contributed by atoms with Gasteiger partial charge < -0.3 is 14.6 Å². The number of aromatic nitrogens is 3. The number of rotatable bonds is 11. The summed E-state index contributed by atoms with van der Waals surface area (Å²) in [4.78, 5) is 14.4. The second-order valence-electron chi connectivity index (χ2n) is 6.85. The minimum Gasteiger partial charge on any atom is -0.481 e. The second kappa shape index (κ2) is 10.1. The predicted molar refractivity (Wildman–Crippen MR) is 102 cm³/mol. The van der Waals surface area contributed by atoms with Gasteiger partial charge in [0, 0.05) is 23.8 Å². The maximum absolute atomic E-state index is 14.5. The SMILES string of the molecule is O=C(O)CCCCCSC[C@H]1OC[C@](Cn2cncn2)(c2ccc(F)cc2F)O1. The van der Waals surface area contributed by atoms with Gasteiger partial charge in [-0.2, -0.15) is 16.9 Å². The lowest BCUT2D eigenvalue weighted by Gasteiger charge is -2.28. The van der Waals surface area contributed by atoms with Gasteiger partial charge in [0.1, 0.15) is 29.9 Å². The van der Waals surface area contributed by atoms with E-state index in [1.807, 2.05) is 0 Å². The quantitative estimate of drug-likeness (QED) is 0.551. The van der Waals surface area contributed by atoms with Gasteiger partial charge in [-0.1, -0.05) is 12.5 Å². The van der Waals surface area contributed by atoms with E-state index in [1.54, 1.807) is 11.8 Å². The van der Waals surface area contributed by atoms with Gasteiger partial charge in [-0.3, -0.25) is 4.79 Å². The van der Waals surface area contributed by atoms with Gasteiger partial charge in [-0.05, 0) is 24.7 Å². The fourth-order valence-corrected chi connectivity index (χ4v) is 4.14. The first-order valence-electron chi connectivity index (χ1n) is 9.35. The molecule has 1 aliphatic heterocycles. The van der Waals surface area contributed by atoms with Crippen LogP contribution in [-0.4, -0.2) is 50.2 Å². The maximum Gasteiger partial charge on any atom is 0.303 e. The van der Waals surface area contributed by atoms with Crippen LogP contribution in [0.15, 0.2) is 30.9 Å². The van der Waals surface area contributed by atoms with Crippen molar-refractivity contribution in [2.75, 3.05) is 18.1 Å². The Labute approximate surface area is 171 Å². The van der Waals surface area contributed by atoms with E-state index in [1.165, 1.54) is 29.5 Å². The number of nitrogens with zero attached hydrogens (tertiary/aromatic N) is 3. The van der Waals surface area contributed by atoms with E-state index < -0.39 is 29.5 Å². The highest BCUT2D eigenvalue weighted by atomic mass is 32.2. The molecule has 2 heterocycles. The average Bonchev–Trinajstić information content (AvgIpc) is 3.31. The van der Waals surface area contributed by atoms with Crippen molar-refractivity contribution in [1.82, 2.24) is 14.8 Å². The molecule has 0 aliphatic carbocycles. The van der Waals surface area contributed by atoms with Crippen LogP contribution in [0.25, 0.3) is 0 Å². The van der Waals surface area contributed by atoms with Crippen molar-refractivity contribution < 1.29 is 28.2 Å². The molecule has 29 heavy (non-hydrogen) atoms. The topological polar surface area (TPSA) is 86.5 Å². The third-order valence-corrected chi connectivity index (χ3v) is 5.68. The largest absolute Gasteiger partial charge is 0.481 e. The van der Waals surface area contributed by atoms with E-state index in [4.69, 9.17) is 14.6 Å². The van der Waals surface area contributed by atoms with Crippen molar-refractivity contribution in [2.45, 2.75) is 44.1 Å². The monoisotopic (exact) mass is 427 g/mol. The zero-order valence-electron chi connectivity index (χ0n) is 15.8. The van der Waals surface area contributed by atoms with Crippen molar-refractivity contribution in [1.29, 1.82) is 0 Å². The third-order valence-electron chi connectivity index (χ3n) is 4.60. The van der Waals surface area contributed by atoms with E-state index >= 15 is 0 Å². The number of thioether (sulfide) groups is 1. The first-order chi connectivity index (χ1) is 14.0. The summed E-state index contributed by atoms with van der Waals surface area (Å²) in [6.45, 7) is 0.297. The Balaban J connectivity index is 1.58. The Morgan fingerprint density at radius 3 is 2.93 bits per heavy atom. The van der Waals surface area contributed by atoms with Gasteiger partial charge in [-0.25, -0.2) is 18.4 Å². The first-order valence-corrected chi connectivity index (χ1v) is 10.5. The molecule has 0 unspecified atom stereocenters. The van der Waals surface area contributed by atoms with Crippen LogP contribution in [0.5, 0.6) is 0 Å². The summed E-state index contributed by atoms with van der Waals surface area (Å²) < 4.78 is 41.3. The van der Waals surface area contributed by atoms with Crippen molar-refractivity contribution in [3.63, 3.8) is 0 Å². The number of hydrogen-bond donors (Lipinski definition) is 1. The highest BCUT2D eigenvalue weighted by Crippen LogP contribution is 2.37. The number of carboxylic acid groups (broad SMARTS) is 1. The number of aliphatic carboxylic acids is 1. The summed E-state index contributed by atoms with van der Waals surface area (Å²) in [5.41, 5.74) is -0.909. The summed E-state index contributed by atoms with van der Waals surface area (Å²) in [5.74, 6) is -0.719. The molecule has 10 heteroatoms. The summed E-state index contributed by atoms with van der Waals surface area (Å²) in [6, 6.07) is 3.41. The van der Waals surface area contributed by atoms with E-state index in [0.717, 1.165) is 24.7 Å². The van der Waals surface area contributed by atoms with Gasteiger partial charge in [0.15, 0.2) is 6.29 Å². The molecule has 0 amide bonds. The standard InChI is InChI=1S/C19H23F2N3O4S/c20-14-5-6-15(16(21)8-14)19(10-24-13-22-12-23-24)11-27-18(28-19)9-29-7-3-1-2-4-17(25)26/h5-6,8,12-13,18H,1-4,7,9-11H2,(H,25,26)/t18-,19+/m0/s1. The number of hydrogen-bond acceptors (Lipinski definition) is 6. The number of unbranched alkanes of at least 4 members (excludes halogenated alkanes) is 2. The minimum absolute atomic E-state index is 0.110. The summed E-state index contributed by atoms with van der Waals surface area (Å²) in [6.07, 6.45) is 4.95. The van der Waals surface area contributed by atoms with Crippen LogP contribution < -0.4 is 0 Å². The number of benzene rings is 1. The van der Waals surface area contributed by atoms with Crippen LogP contribution >= 0.6 is 11.8 Å². The molecular weight excluding hydrogens is 404 g/mol. The molecule has 1 fully saturated rings. The molecule has 2 aromatic rings. The fourth-order valence-electron chi connectivity index (χ4n) is 3.21. The summed E-state index contributed by atoms with van der Waals surface area (Å²) in [5, 5.41) is 12.7. The van der Waals surface area contributed by atoms with E-state index in [9.17, 15) is 13.6 Å². The molecule has 1 aliphatic rings. The Kier molecular flexibility index (Phi) is 7.57. The van der Waals surface area contributed by atoms with Gasteiger partial charge in [0.05, 0.1) is 13.2 Å². The van der Waals surface area contributed by atoms with Gasteiger partial charge in [0.2, 0.25) is 0 Å². The van der Waals surface area contributed by atoms with Crippen molar-refractivity contribution in [3.8, 4) is 0 Å². The van der Waals surface area contributed by atoms with Crippen LogP contribution in [0.2, 0.25) is 0 Å². The molecule has 1 N–H and O–H groups in total. The fraction of sp³-hybridized carbons (Fsp3) is 0.526. The van der Waals surface area contributed by atoms with Crippen LogP contribution in [0.3, 0.4) is 0 Å². The molecule has 0 spiro atoms. The number of halogens is 2. The Bertz CT molecular complexity index is 809.